The number of amides is 1. The zero-order chi connectivity index (χ0) is 13.9. The number of fused-ring (bicyclic) bond motifs is 1. The van der Waals surface area contributed by atoms with Gasteiger partial charge in [-0.3, -0.25) is 4.79 Å². The molecule has 1 N–H and O–H groups in total. The van der Waals surface area contributed by atoms with Crippen LogP contribution in [0.25, 0.3) is 0 Å². The highest BCUT2D eigenvalue weighted by atomic mass is 19.1. The lowest BCUT2D eigenvalue weighted by Gasteiger charge is -2.14. The van der Waals surface area contributed by atoms with Gasteiger partial charge in [0.1, 0.15) is 11.6 Å². The molecule has 6 heteroatoms. The van der Waals surface area contributed by atoms with Crippen LogP contribution in [0.2, 0.25) is 0 Å². The molecule has 1 aromatic heterocycles. The topological polar surface area (TPSA) is 59.8 Å². The fraction of sp³-hybridized carbons (Fsp3) is 0.357. The van der Waals surface area contributed by atoms with Crippen molar-refractivity contribution >= 4 is 5.91 Å². The average molecular weight is 274 g/mol. The van der Waals surface area contributed by atoms with E-state index in [1.807, 2.05) is 0 Å². The third-order valence-electron chi connectivity index (χ3n) is 3.45. The Morgan fingerprint density at radius 2 is 2.05 bits per heavy atom. The van der Waals surface area contributed by atoms with Gasteiger partial charge in [-0.2, -0.15) is 0 Å². The lowest BCUT2D eigenvalue weighted by atomic mass is 10.1. The molecule has 0 radical (unpaired) electrons. The fourth-order valence-corrected chi connectivity index (χ4v) is 2.36. The minimum absolute atomic E-state index is 0.238. The summed E-state index contributed by atoms with van der Waals surface area (Å²) in [4.78, 5) is 11.9. The summed E-state index contributed by atoms with van der Waals surface area (Å²) in [5.74, 6) is 1.17. The minimum atomic E-state index is -0.354. The first-order valence-electron chi connectivity index (χ1n) is 6.69. The van der Waals surface area contributed by atoms with Crippen LogP contribution in [0.15, 0.2) is 24.3 Å². The van der Waals surface area contributed by atoms with Crippen LogP contribution < -0.4 is 5.32 Å². The number of carbonyl (C=O) groups is 1. The number of hydrogen-bond donors (Lipinski definition) is 1. The maximum Gasteiger partial charge on any atom is 0.251 e. The minimum Gasteiger partial charge on any atom is -0.345 e. The Kier molecular flexibility index (Phi) is 3.45. The van der Waals surface area contributed by atoms with Crippen LogP contribution in [0.5, 0.6) is 0 Å². The molecule has 2 heterocycles. The normalized spacial score (nSPS) is 13.8. The molecule has 5 nitrogen and oxygen atoms in total. The molecule has 0 unspecified atom stereocenters. The Balaban J connectivity index is 1.66. The van der Waals surface area contributed by atoms with Crippen molar-refractivity contribution in [2.45, 2.75) is 32.4 Å². The Labute approximate surface area is 115 Å². The molecular formula is C14H15FN4O. The molecule has 1 aliphatic rings. The summed E-state index contributed by atoms with van der Waals surface area (Å²) >= 11 is 0. The van der Waals surface area contributed by atoms with E-state index in [-0.39, 0.29) is 11.7 Å². The third kappa shape index (κ3) is 2.54. The second-order valence-corrected chi connectivity index (χ2v) is 4.83. The molecule has 0 aliphatic carbocycles. The van der Waals surface area contributed by atoms with Gasteiger partial charge < -0.3 is 9.88 Å². The predicted molar refractivity (Wildman–Crippen MR) is 70.5 cm³/mol. The van der Waals surface area contributed by atoms with E-state index >= 15 is 0 Å². The number of aryl methyl sites for hydroxylation is 1. The first kappa shape index (κ1) is 12.8. The van der Waals surface area contributed by atoms with Crippen molar-refractivity contribution in [1.82, 2.24) is 20.1 Å². The molecule has 0 atom stereocenters. The van der Waals surface area contributed by atoms with Gasteiger partial charge in [0.05, 0.1) is 6.54 Å². The molecular weight excluding hydrogens is 259 g/mol. The van der Waals surface area contributed by atoms with E-state index in [0.29, 0.717) is 12.1 Å². The van der Waals surface area contributed by atoms with Gasteiger partial charge in [0.25, 0.3) is 5.91 Å². The fourth-order valence-electron chi connectivity index (χ4n) is 2.36. The van der Waals surface area contributed by atoms with Crippen molar-refractivity contribution in [3.63, 3.8) is 0 Å². The molecule has 1 aromatic carbocycles. The zero-order valence-electron chi connectivity index (χ0n) is 11.0. The van der Waals surface area contributed by atoms with Gasteiger partial charge in [0.2, 0.25) is 0 Å². The Morgan fingerprint density at radius 3 is 2.85 bits per heavy atom. The Bertz CT molecular complexity index is 621. The van der Waals surface area contributed by atoms with Gasteiger partial charge in [-0.15, -0.1) is 10.2 Å². The molecule has 0 saturated heterocycles. The van der Waals surface area contributed by atoms with E-state index in [2.05, 4.69) is 20.1 Å². The lowest BCUT2D eigenvalue weighted by Crippen LogP contribution is -2.25. The summed E-state index contributed by atoms with van der Waals surface area (Å²) in [5.41, 5.74) is 0.435. The van der Waals surface area contributed by atoms with Gasteiger partial charge in [0, 0.05) is 18.5 Å². The van der Waals surface area contributed by atoms with Crippen molar-refractivity contribution in [3.05, 3.63) is 47.3 Å². The number of carbonyl (C=O) groups excluding carboxylic acids is 1. The van der Waals surface area contributed by atoms with Crippen molar-refractivity contribution in [1.29, 1.82) is 0 Å². The van der Waals surface area contributed by atoms with Gasteiger partial charge in [-0.1, -0.05) is 0 Å². The zero-order valence-corrected chi connectivity index (χ0v) is 11.0. The van der Waals surface area contributed by atoms with E-state index in [4.69, 9.17) is 0 Å². The van der Waals surface area contributed by atoms with E-state index in [0.717, 1.165) is 37.5 Å². The van der Waals surface area contributed by atoms with Gasteiger partial charge in [-0.25, -0.2) is 4.39 Å². The molecule has 0 saturated carbocycles. The quantitative estimate of drug-likeness (QED) is 0.926. The molecule has 20 heavy (non-hydrogen) atoms. The summed E-state index contributed by atoms with van der Waals surface area (Å²) in [5, 5.41) is 11.0. The van der Waals surface area contributed by atoms with Crippen molar-refractivity contribution in [2.75, 3.05) is 0 Å². The van der Waals surface area contributed by atoms with Gasteiger partial charge in [-0.05, 0) is 37.1 Å². The van der Waals surface area contributed by atoms with E-state index < -0.39 is 0 Å². The van der Waals surface area contributed by atoms with Crippen LogP contribution in [-0.2, 0) is 19.5 Å². The van der Waals surface area contributed by atoms with Crippen molar-refractivity contribution in [3.8, 4) is 0 Å². The Morgan fingerprint density at radius 1 is 1.25 bits per heavy atom. The highest BCUT2D eigenvalue weighted by molar-refractivity contribution is 5.94. The molecule has 0 spiro atoms. The smallest absolute Gasteiger partial charge is 0.251 e. The van der Waals surface area contributed by atoms with Crippen LogP contribution in [0, 0.1) is 5.82 Å². The number of benzene rings is 1. The number of halogens is 1. The second-order valence-electron chi connectivity index (χ2n) is 4.83. The van der Waals surface area contributed by atoms with E-state index in [1.165, 1.54) is 24.3 Å². The molecule has 0 bridgehead atoms. The maximum atomic E-state index is 12.8. The van der Waals surface area contributed by atoms with Crippen LogP contribution in [0.4, 0.5) is 4.39 Å². The first-order chi connectivity index (χ1) is 9.74. The molecule has 104 valence electrons. The summed E-state index contributed by atoms with van der Waals surface area (Å²) in [6, 6.07) is 5.47. The van der Waals surface area contributed by atoms with Gasteiger partial charge >= 0.3 is 0 Å². The number of aromatic nitrogens is 3. The largest absolute Gasteiger partial charge is 0.345 e. The van der Waals surface area contributed by atoms with Crippen molar-refractivity contribution in [2.24, 2.45) is 0 Å². The number of hydrogen-bond acceptors (Lipinski definition) is 3. The highest BCUT2D eigenvalue weighted by Crippen LogP contribution is 2.14. The molecule has 1 amide bonds. The van der Waals surface area contributed by atoms with Crippen LogP contribution in [0.1, 0.15) is 34.8 Å². The third-order valence-corrected chi connectivity index (χ3v) is 3.45. The summed E-state index contributed by atoms with van der Waals surface area (Å²) < 4.78 is 14.9. The Hall–Kier alpha value is -2.24. The standard InChI is InChI=1S/C14H15FN4O/c15-11-6-4-10(5-7-11)14(20)16-9-13-18-17-12-3-1-2-8-19(12)13/h4-7H,1-3,8-9H2,(H,16,20). The monoisotopic (exact) mass is 274 g/mol. The SMILES string of the molecule is O=C(NCc1nnc2n1CCCC2)c1ccc(F)cc1. The average Bonchev–Trinajstić information content (AvgIpc) is 2.89. The second kappa shape index (κ2) is 5.40. The van der Waals surface area contributed by atoms with Crippen LogP contribution >= 0.6 is 0 Å². The molecule has 0 fully saturated rings. The number of nitrogens with one attached hydrogen (secondary N) is 1. The summed E-state index contributed by atoms with van der Waals surface area (Å²) in [6.45, 7) is 1.24. The predicted octanol–water partition coefficient (Wildman–Crippen LogP) is 1.68. The lowest BCUT2D eigenvalue weighted by molar-refractivity contribution is 0.0949. The number of nitrogens with zero attached hydrogens (tertiary/aromatic N) is 3. The summed E-state index contributed by atoms with van der Waals surface area (Å²) in [6.07, 6.45) is 3.20. The molecule has 3 rings (SSSR count). The number of rotatable bonds is 3. The summed E-state index contributed by atoms with van der Waals surface area (Å²) in [7, 11) is 0. The van der Waals surface area contributed by atoms with Crippen LogP contribution in [-0.4, -0.2) is 20.7 Å². The van der Waals surface area contributed by atoms with Gasteiger partial charge in [0.15, 0.2) is 5.82 Å². The maximum absolute atomic E-state index is 12.8. The van der Waals surface area contributed by atoms with Crippen molar-refractivity contribution < 1.29 is 9.18 Å². The van der Waals surface area contributed by atoms with Crippen LogP contribution in [0.3, 0.4) is 0 Å². The molecule has 1 aliphatic heterocycles. The highest BCUT2D eigenvalue weighted by Gasteiger charge is 2.16. The first-order valence-corrected chi connectivity index (χ1v) is 6.69. The van der Waals surface area contributed by atoms with E-state index in [1.54, 1.807) is 0 Å². The van der Waals surface area contributed by atoms with E-state index in [9.17, 15) is 9.18 Å². The molecule has 2 aromatic rings.